The van der Waals surface area contributed by atoms with Crippen LogP contribution >= 0.6 is 0 Å². The lowest BCUT2D eigenvalue weighted by Crippen LogP contribution is -2.44. The maximum Gasteiger partial charge on any atom is 0.408 e. The Morgan fingerprint density at radius 2 is 1.95 bits per heavy atom. The Kier molecular flexibility index (Phi) is 4.78. The third-order valence-corrected chi connectivity index (χ3v) is 3.08. The molecule has 1 unspecified atom stereocenters. The Morgan fingerprint density at radius 3 is 2.37 bits per heavy atom. The minimum atomic E-state index is -2.60. The van der Waals surface area contributed by atoms with E-state index in [1.54, 1.807) is 20.8 Å². The van der Waals surface area contributed by atoms with Crippen LogP contribution in [0.2, 0.25) is 0 Å². The summed E-state index contributed by atoms with van der Waals surface area (Å²) in [6.07, 6.45) is 5.06. The number of terminal acetylenes is 1. The number of nitrogens with one attached hydrogen (secondary N) is 1. The number of carbonyl (C=O) groups is 1. The van der Waals surface area contributed by atoms with Crippen LogP contribution in [0, 0.1) is 18.3 Å². The van der Waals surface area contributed by atoms with Gasteiger partial charge in [0.15, 0.2) is 0 Å². The molecule has 1 amide bonds. The molecule has 19 heavy (non-hydrogen) atoms. The van der Waals surface area contributed by atoms with Gasteiger partial charge in [0.05, 0.1) is 6.04 Å². The first-order valence-electron chi connectivity index (χ1n) is 6.46. The molecule has 1 aliphatic carbocycles. The summed E-state index contributed by atoms with van der Waals surface area (Å²) in [5, 5.41) is 2.58. The van der Waals surface area contributed by atoms with E-state index in [0.717, 1.165) is 0 Å². The zero-order valence-electron chi connectivity index (χ0n) is 11.6. The van der Waals surface area contributed by atoms with Gasteiger partial charge in [-0.3, -0.25) is 0 Å². The second kappa shape index (κ2) is 5.77. The van der Waals surface area contributed by atoms with Gasteiger partial charge in [0.1, 0.15) is 5.60 Å². The highest BCUT2D eigenvalue weighted by atomic mass is 19.3. The van der Waals surface area contributed by atoms with E-state index in [0.29, 0.717) is 12.8 Å². The Labute approximate surface area is 113 Å². The van der Waals surface area contributed by atoms with Crippen LogP contribution in [0.15, 0.2) is 0 Å². The number of ether oxygens (including phenoxy) is 1. The van der Waals surface area contributed by atoms with Gasteiger partial charge in [0.2, 0.25) is 5.92 Å². The Hall–Kier alpha value is -1.31. The molecule has 1 aliphatic rings. The van der Waals surface area contributed by atoms with Crippen LogP contribution in [0.1, 0.15) is 46.5 Å². The minimum Gasteiger partial charge on any atom is -0.444 e. The first kappa shape index (κ1) is 15.7. The topological polar surface area (TPSA) is 38.3 Å². The molecule has 0 radical (unpaired) electrons. The van der Waals surface area contributed by atoms with E-state index >= 15 is 0 Å². The second-order valence-electron chi connectivity index (χ2n) is 5.98. The molecule has 1 saturated carbocycles. The average molecular weight is 273 g/mol. The fourth-order valence-electron chi connectivity index (χ4n) is 2.13. The highest BCUT2D eigenvalue weighted by molar-refractivity contribution is 5.68. The third kappa shape index (κ3) is 5.46. The van der Waals surface area contributed by atoms with Gasteiger partial charge in [-0.05, 0) is 39.5 Å². The van der Waals surface area contributed by atoms with E-state index in [2.05, 4.69) is 11.2 Å². The number of carbonyl (C=O) groups excluding carboxylic acids is 1. The molecule has 0 aromatic carbocycles. The van der Waals surface area contributed by atoms with Gasteiger partial charge < -0.3 is 10.1 Å². The number of alkyl carbamates (subject to hydrolysis) is 1. The summed E-state index contributed by atoms with van der Waals surface area (Å²) in [7, 11) is 0. The Balaban J connectivity index is 2.51. The zero-order chi connectivity index (χ0) is 14.7. The summed E-state index contributed by atoms with van der Waals surface area (Å²) in [5.41, 5.74) is -0.608. The summed E-state index contributed by atoms with van der Waals surface area (Å²) in [5.74, 6) is -0.250. The van der Waals surface area contributed by atoms with E-state index in [-0.39, 0.29) is 18.8 Å². The molecule has 0 heterocycles. The normalized spacial score (nSPS) is 21.3. The summed E-state index contributed by atoms with van der Waals surface area (Å²) in [4.78, 5) is 11.6. The van der Waals surface area contributed by atoms with Crippen LogP contribution in [0.5, 0.6) is 0 Å². The van der Waals surface area contributed by atoms with Gasteiger partial charge in [-0.1, -0.05) is 5.92 Å². The van der Waals surface area contributed by atoms with Gasteiger partial charge in [-0.15, -0.1) is 6.42 Å². The van der Waals surface area contributed by atoms with Gasteiger partial charge in [0, 0.05) is 12.8 Å². The molecule has 108 valence electrons. The van der Waals surface area contributed by atoms with Crippen molar-refractivity contribution in [3.63, 3.8) is 0 Å². The molecule has 0 aromatic heterocycles. The molecule has 0 bridgehead atoms. The first-order valence-corrected chi connectivity index (χ1v) is 6.46. The molecule has 1 atom stereocenters. The third-order valence-electron chi connectivity index (χ3n) is 3.08. The van der Waals surface area contributed by atoms with Crippen molar-refractivity contribution in [2.75, 3.05) is 0 Å². The zero-order valence-corrected chi connectivity index (χ0v) is 11.6. The fraction of sp³-hybridized carbons (Fsp3) is 0.786. The maximum atomic E-state index is 13.1. The smallest absolute Gasteiger partial charge is 0.408 e. The lowest BCUT2D eigenvalue weighted by Gasteiger charge is -2.32. The number of halogens is 2. The molecular weight excluding hydrogens is 252 g/mol. The number of alkyl halides is 2. The molecule has 0 saturated heterocycles. The number of amides is 1. The lowest BCUT2D eigenvalue weighted by atomic mass is 9.82. The van der Waals surface area contributed by atoms with Crippen molar-refractivity contribution < 1.29 is 18.3 Å². The molecule has 1 fully saturated rings. The van der Waals surface area contributed by atoms with E-state index in [1.165, 1.54) is 0 Å². The summed E-state index contributed by atoms with van der Waals surface area (Å²) in [6, 6.07) is -0.550. The van der Waals surface area contributed by atoms with Crippen molar-refractivity contribution >= 4 is 6.09 Å². The molecule has 5 heteroatoms. The van der Waals surface area contributed by atoms with Crippen LogP contribution in [-0.2, 0) is 4.74 Å². The van der Waals surface area contributed by atoms with Crippen LogP contribution in [-0.4, -0.2) is 23.7 Å². The van der Waals surface area contributed by atoms with Gasteiger partial charge >= 0.3 is 6.09 Å². The van der Waals surface area contributed by atoms with E-state index in [9.17, 15) is 13.6 Å². The van der Waals surface area contributed by atoms with Crippen LogP contribution in [0.25, 0.3) is 0 Å². The molecule has 0 aromatic rings. The van der Waals surface area contributed by atoms with Gasteiger partial charge in [-0.25, -0.2) is 13.6 Å². The van der Waals surface area contributed by atoms with Crippen LogP contribution in [0.3, 0.4) is 0 Å². The van der Waals surface area contributed by atoms with Gasteiger partial charge in [-0.2, -0.15) is 0 Å². The van der Waals surface area contributed by atoms with Crippen molar-refractivity contribution in [2.24, 2.45) is 5.92 Å². The minimum absolute atomic E-state index is 0.114. The molecule has 0 aliphatic heterocycles. The van der Waals surface area contributed by atoms with Crippen molar-refractivity contribution in [1.82, 2.24) is 5.32 Å². The number of hydrogen-bond acceptors (Lipinski definition) is 2. The highest BCUT2D eigenvalue weighted by Crippen LogP contribution is 2.37. The van der Waals surface area contributed by atoms with Crippen molar-refractivity contribution in [3.8, 4) is 12.3 Å². The van der Waals surface area contributed by atoms with E-state index in [1.807, 2.05) is 0 Å². The second-order valence-corrected chi connectivity index (χ2v) is 5.98. The lowest BCUT2D eigenvalue weighted by molar-refractivity contribution is -0.0476. The SMILES string of the molecule is C#CC(NC(=O)OC(C)(C)C)C1CCC(F)(F)CC1. The van der Waals surface area contributed by atoms with Gasteiger partial charge in [0.25, 0.3) is 0 Å². The Morgan fingerprint density at radius 1 is 1.42 bits per heavy atom. The molecule has 1 rings (SSSR count). The van der Waals surface area contributed by atoms with Crippen molar-refractivity contribution in [2.45, 2.75) is 64.0 Å². The predicted molar refractivity (Wildman–Crippen MR) is 68.9 cm³/mol. The highest BCUT2D eigenvalue weighted by Gasteiger charge is 2.37. The average Bonchev–Trinajstić information content (AvgIpc) is 2.24. The summed E-state index contributed by atoms with van der Waals surface area (Å²) >= 11 is 0. The standard InChI is InChI=1S/C14H21F2NO2/c1-5-11(17-12(18)19-13(2,3)4)10-6-8-14(15,16)9-7-10/h1,10-11H,6-9H2,2-4H3,(H,17,18). The largest absolute Gasteiger partial charge is 0.444 e. The predicted octanol–water partition coefficient (Wildman–Crippen LogP) is 3.34. The Bertz CT molecular complexity index is 359. The number of rotatable bonds is 2. The molecule has 1 N–H and O–H groups in total. The quantitative estimate of drug-likeness (QED) is 0.784. The summed E-state index contributed by atoms with van der Waals surface area (Å²) in [6.45, 7) is 5.25. The first-order chi connectivity index (χ1) is 8.63. The van der Waals surface area contributed by atoms with E-state index < -0.39 is 23.7 Å². The van der Waals surface area contributed by atoms with Crippen LogP contribution < -0.4 is 5.32 Å². The number of hydrogen-bond donors (Lipinski definition) is 1. The van der Waals surface area contributed by atoms with Crippen molar-refractivity contribution in [1.29, 1.82) is 0 Å². The molecule has 3 nitrogen and oxygen atoms in total. The monoisotopic (exact) mass is 273 g/mol. The maximum absolute atomic E-state index is 13.1. The van der Waals surface area contributed by atoms with Crippen molar-refractivity contribution in [3.05, 3.63) is 0 Å². The molecular formula is C14H21F2NO2. The van der Waals surface area contributed by atoms with Crippen LogP contribution in [0.4, 0.5) is 13.6 Å². The van der Waals surface area contributed by atoms with E-state index in [4.69, 9.17) is 11.2 Å². The fourth-order valence-corrected chi connectivity index (χ4v) is 2.13. The summed E-state index contributed by atoms with van der Waals surface area (Å²) < 4.78 is 31.2. The molecule has 0 spiro atoms.